The van der Waals surface area contributed by atoms with Gasteiger partial charge in [0, 0.05) is 5.39 Å². The number of carbonyl (C=O) groups excluding carboxylic acids is 1. The second-order valence-corrected chi connectivity index (χ2v) is 6.34. The molecule has 0 saturated heterocycles. The summed E-state index contributed by atoms with van der Waals surface area (Å²) in [6.07, 6.45) is 11.1. The van der Waals surface area contributed by atoms with Crippen molar-refractivity contribution in [2.75, 3.05) is 11.9 Å². The molecule has 0 heterocycles. The van der Waals surface area contributed by atoms with Crippen LogP contribution in [0.2, 0.25) is 0 Å². The SMILES string of the molecule is C=CCCCCCCCCCOC(=O)Nc1cccc2ccccc12. The minimum atomic E-state index is -0.374. The predicted octanol–water partition coefficient (Wildman–Crippen LogP) is 6.70. The van der Waals surface area contributed by atoms with E-state index in [1.165, 1.54) is 32.1 Å². The van der Waals surface area contributed by atoms with Gasteiger partial charge in [-0.2, -0.15) is 0 Å². The van der Waals surface area contributed by atoms with Gasteiger partial charge < -0.3 is 4.74 Å². The van der Waals surface area contributed by atoms with Gasteiger partial charge in [0.05, 0.1) is 12.3 Å². The number of nitrogens with one attached hydrogen (secondary N) is 1. The lowest BCUT2D eigenvalue weighted by Gasteiger charge is -2.09. The number of ether oxygens (including phenoxy) is 1. The second-order valence-electron chi connectivity index (χ2n) is 6.34. The molecule has 2 aromatic rings. The normalized spacial score (nSPS) is 10.6. The Labute approximate surface area is 151 Å². The molecular formula is C22H29NO2. The highest BCUT2D eigenvalue weighted by Crippen LogP contribution is 2.23. The number of benzene rings is 2. The van der Waals surface area contributed by atoms with Crippen molar-refractivity contribution >= 4 is 22.6 Å². The summed E-state index contributed by atoms with van der Waals surface area (Å²) in [6.45, 7) is 4.22. The first kappa shape index (κ1) is 19.0. The van der Waals surface area contributed by atoms with Crippen LogP contribution in [0.15, 0.2) is 55.1 Å². The third kappa shape index (κ3) is 7.00. The van der Waals surface area contributed by atoms with E-state index in [1.807, 2.05) is 48.5 Å². The molecule has 0 aliphatic rings. The number of rotatable bonds is 11. The van der Waals surface area contributed by atoms with Crippen LogP contribution in [0.1, 0.15) is 51.4 Å². The molecule has 0 saturated carbocycles. The third-order valence-corrected chi connectivity index (χ3v) is 4.31. The highest BCUT2D eigenvalue weighted by Gasteiger charge is 2.06. The zero-order chi connectivity index (χ0) is 17.7. The topological polar surface area (TPSA) is 38.3 Å². The molecule has 0 aromatic heterocycles. The van der Waals surface area contributed by atoms with E-state index in [-0.39, 0.29) is 6.09 Å². The highest BCUT2D eigenvalue weighted by atomic mass is 16.5. The van der Waals surface area contributed by atoms with Crippen LogP contribution in [0.3, 0.4) is 0 Å². The molecule has 0 fully saturated rings. The maximum Gasteiger partial charge on any atom is 0.411 e. The van der Waals surface area contributed by atoms with Crippen molar-refractivity contribution in [3.05, 3.63) is 55.1 Å². The average Bonchev–Trinajstić information content (AvgIpc) is 2.63. The molecule has 0 bridgehead atoms. The summed E-state index contributed by atoms with van der Waals surface area (Å²) in [6, 6.07) is 13.9. The van der Waals surface area contributed by atoms with E-state index < -0.39 is 0 Å². The number of anilines is 1. The number of unbranched alkanes of at least 4 members (excludes halogenated alkanes) is 7. The van der Waals surface area contributed by atoms with Gasteiger partial charge in [0.2, 0.25) is 0 Å². The largest absolute Gasteiger partial charge is 0.449 e. The monoisotopic (exact) mass is 339 g/mol. The van der Waals surface area contributed by atoms with Gasteiger partial charge in [-0.1, -0.05) is 74.6 Å². The Balaban J connectivity index is 1.59. The van der Waals surface area contributed by atoms with Gasteiger partial charge in [0.25, 0.3) is 0 Å². The summed E-state index contributed by atoms with van der Waals surface area (Å²) in [5, 5.41) is 4.98. The molecule has 1 amide bonds. The number of hydrogen-bond donors (Lipinski definition) is 1. The Kier molecular flexibility index (Phi) is 8.60. The van der Waals surface area contributed by atoms with E-state index >= 15 is 0 Å². The first-order valence-corrected chi connectivity index (χ1v) is 9.33. The summed E-state index contributed by atoms with van der Waals surface area (Å²) in [5.41, 5.74) is 0.794. The predicted molar refractivity (Wildman–Crippen MR) is 106 cm³/mol. The average molecular weight is 339 g/mol. The van der Waals surface area contributed by atoms with Gasteiger partial charge in [-0.25, -0.2) is 4.79 Å². The fraction of sp³-hybridized carbons (Fsp3) is 0.409. The Morgan fingerprint density at radius 3 is 2.40 bits per heavy atom. The van der Waals surface area contributed by atoms with Gasteiger partial charge in [0.1, 0.15) is 0 Å². The van der Waals surface area contributed by atoms with Crippen molar-refractivity contribution in [2.45, 2.75) is 51.4 Å². The Bertz CT molecular complexity index is 661. The molecule has 0 aliphatic heterocycles. The zero-order valence-corrected chi connectivity index (χ0v) is 15.0. The summed E-state index contributed by atoms with van der Waals surface area (Å²) in [5.74, 6) is 0. The van der Waals surface area contributed by atoms with Gasteiger partial charge in [-0.3, -0.25) is 5.32 Å². The molecule has 0 radical (unpaired) electrons. The standard InChI is InChI=1S/C22H29NO2/c1-2-3-4-5-6-7-8-9-12-18-25-22(24)23-21-17-13-15-19-14-10-11-16-20(19)21/h2,10-11,13-17H,1,3-9,12,18H2,(H,23,24). The number of allylic oxidation sites excluding steroid dienone is 1. The lowest BCUT2D eigenvalue weighted by atomic mass is 10.1. The van der Waals surface area contributed by atoms with E-state index in [0.717, 1.165) is 35.7 Å². The van der Waals surface area contributed by atoms with Crippen LogP contribution in [0.25, 0.3) is 10.8 Å². The molecule has 0 unspecified atom stereocenters. The first-order chi connectivity index (χ1) is 12.3. The van der Waals surface area contributed by atoms with Gasteiger partial charge in [0.15, 0.2) is 0 Å². The maximum absolute atomic E-state index is 12.0. The summed E-state index contributed by atoms with van der Waals surface area (Å²) < 4.78 is 5.29. The Hall–Kier alpha value is -2.29. The molecule has 2 aromatic carbocycles. The van der Waals surface area contributed by atoms with Crippen molar-refractivity contribution in [1.82, 2.24) is 0 Å². The van der Waals surface area contributed by atoms with Crippen molar-refractivity contribution in [3.8, 4) is 0 Å². The van der Waals surface area contributed by atoms with E-state index in [4.69, 9.17) is 4.74 Å². The van der Waals surface area contributed by atoms with Gasteiger partial charge in [-0.15, -0.1) is 6.58 Å². The molecule has 25 heavy (non-hydrogen) atoms. The molecule has 2 rings (SSSR count). The first-order valence-electron chi connectivity index (χ1n) is 9.33. The lowest BCUT2D eigenvalue weighted by Crippen LogP contribution is -2.14. The fourth-order valence-corrected chi connectivity index (χ4v) is 2.92. The van der Waals surface area contributed by atoms with Crippen molar-refractivity contribution in [3.63, 3.8) is 0 Å². The maximum atomic E-state index is 12.0. The molecule has 0 spiro atoms. The van der Waals surface area contributed by atoms with E-state index in [9.17, 15) is 4.79 Å². The molecular weight excluding hydrogens is 310 g/mol. The van der Waals surface area contributed by atoms with Crippen LogP contribution in [-0.4, -0.2) is 12.7 Å². The summed E-state index contributed by atoms with van der Waals surface area (Å²) >= 11 is 0. The number of carbonyl (C=O) groups is 1. The molecule has 0 aliphatic carbocycles. The molecule has 134 valence electrons. The molecule has 1 N–H and O–H groups in total. The number of hydrogen-bond acceptors (Lipinski definition) is 2. The smallest absolute Gasteiger partial charge is 0.411 e. The van der Waals surface area contributed by atoms with Crippen LogP contribution >= 0.6 is 0 Å². The van der Waals surface area contributed by atoms with Crippen LogP contribution in [0.4, 0.5) is 10.5 Å². The van der Waals surface area contributed by atoms with Gasteiger partial charge >= 0.3 is 6.09 Å². The molecule has 3 heteroatoms. The molecule has 0 atom stereocenters. The summed E-state index contributed by atoms with van der Waals surface area (Å²) in [4.78, 5) is 12.0. The minimum Gasteiger partial charge on any atom is -0.449 e. The van der Waals surface area contributed by atoms with E-state index in [0.29, 0.717) is 6.61 Å². The fourth-order valence-electron chi connectivity index (χ4n) is 2.92. The Morgan fingerprint density at radius 1 is 0.920 bits per heavy atom. The van der Waals surface area contributed by atoms with Crippen LogP contribution in [0.5, 0.6) is 0 Å². The zero-order valence-electron chi connectivity index (χ0n) is 15.0. The molecule has 3 nitrogen and oxygen atoms in total. The van der Waals surface area contributed by atoms with Gasteiger partial charge in [-0.05, 0) is 30.7 Å². The van der Waals surface area contributed by atoms with Crippen LogP contribution in [-0.2, 0) is 4.74 Å². The van der Waals surface area contributed by atoms with Crippen molar-refractivity contribution in [2.24, 2.45) is 0 Å². The van der Waals surface area contributed by atoms with Crippen molar-refractivity contribution < 1.29 is 9.53 Å². The summed E-state index contributed by atoms with van der Waals surface area (Å²) in [7, 11) is 0. The van der Waals surface area contributed by atoms with Crippen LogP contribution in [0, 0.1) is 0 Å². The van der Waals surface area contributed by atoms with E-state index in [2.05, 4.69) is 11.9 Å². The van der Waals surface area contributed by atoms with E-state index in [1.54, 1.807) is 0 Å². The third-order valence-electron chi connectivity index (χ3n) is 4.31. The highest BCUT2D eigenvalue weighted by molar-refractivity contribution is 6.00. The quantitative estimate of drug-likeness (QED) is 0.365. The number of fused-ring (bicyclic) bond motifs is 1. The van der Waals surface area contributed by atoms with Crippen molar-refractivity contribution in [1.29, 1.82) is 0 Å². The second kappa shape index (κ2) is 11.3. The minimum absolute atomic E-state index is 0.374. The van der Waals surface area contributed by atoms with Crippen LogP contribution < -0.4 is 5.32 Å². The number of amides is 1. The Morgan fingerprint density at radius 2 is 1.60 bits per heavy atom. The lowest BCUT2D eigenvalue weighted by molar-refractivity contribution is 0.159.